The van der Waals surface area contributed by atoms with Gasteiger partial charge in [0.2, 0.25) is 0 Å². The van der Waals surface area contributed by atoms with Crippen LogP contribution in [0.2, 0.25) is 5.02 Å². The van der Waals surface area contributed by atoms with E-state index in [0.29, 0.717) is 16.4 Å². The van der Waals surface area contributed by atoms with E-state index in [-0.39, 0.29) is 5.91 Å². The van der Waals surface area contributed by atoms with Crippen molar-refractivity contribution in [1.29, 1.82) is 0 Å². The lowest BCUT2D eigenvalue weighted by molar-refractivity contribution is 0.101. The second-order valence-electron chi connectivity index (χ2n) is 4.69. The number of amides is 1. The first-order valence-corrected chi connectivity index (χ1v) is 6.79. The molecule has 0 spiro atoms. The molecular formula is C13H18ClN5O. The summed E-state index contributed by atoms with van der Waals surface area (Å²) >= 11 is 6.12. The molecule has 0 aliphatic heterocycles. The maximum atomic E-state index is 12.4. The Morgan fingerprint density at radius 2 is 1.90 bits per heavy atom. The molecule has 0 bridgehead atoms. The van der Waals surface area contributed by atoms with E-state index in [9.17, 15) is 4.79 Å². The van der Waals surface area contributed by atoms with Crippen molar-refractivity contribution in [3.05, 3.63) is 27.8 Å². The molecule has 0 saturated carbocycles. The zero-order chi connectivity index (χ0) is 15.0. The predicted molar refractivity (Wildman–Crippen MR) is 78.3 cm³/mol. The van der Waals surface area contributed by atoms with Gasteiger partial charge >= 0.3 is 0 Å². The van der Waals surface area contributed by atoms with Crippen molar-refractivity contribution in [3.8, 4) is 0 Å². The number of nitrogens with one attached hydrogen (secondary N) is 1. The molecular weight excluding hydrogens is 278 g/mol. The topological polar surface area (TPSA) is 64.7 Å². The van der Waals surface area contributed by atoms with E-state index in [0.717, 1.165) is 23.6 Å². The molecule has 2 aromatic heterocycles. The van der Waals surface area contributed by atoms with Gasteiger partial charge in [0.25, 0.3) is 5.91 Å². The number of anilines is 1. The largest absolute Gasteiger partial charge is 0.317 e. The van der Waals surface area contributed by atoms with Crippen molar-refractivity contribution in [2.24, 2.45) is 7.05 Å². The first-order valence-electron chi connectivity index (χ1n) is 6.41. The van der Waals surface area contributed by atoms with Crippen molar-refractivity contribution in [2.45, 2.75) is 34.2 Å². The first-order chi connectivity index (χ1) is 9.36. The van der Waals surface area contributed by atoms with Crippen LogP contribution in [-0.4, -0.2) is 25.5 Å². The highest BCUT2D eigenvalue weighted by Crippen LogP contribution is 2.23. The number of nitrogens with zero attached hydrogens (tertiary/aromatic N) is 4. The van der Waals surface area contributed by atoms with E-state index in [1.165, 1.54) is 4.68 Å². The van der Waals surface area contributed by atoms with Gasteiger partial charge in [-0.15, -0.1) is 0 Å². The lowest BCUT2D eigenvalue weighted by atomic mass is 10.3. The fourth-order valence-corrected chi connectivity index (χ4v) is 2.48. The Bertz CT molecular complexity index is 671. The normalized spacial score (nSPS) is 10.9. The molecule has 2 aromatic rings. The molecule has 0 aliphatic carbocycles. The Hall–Kier alpha value is -1.82. The molecule has 0 unspecified atom stereocenters. The van der Waals surface area contributed by atoms with E-state index in [1.54, 1.807) is 14.0 Å². The molecule has 6 nitrogen and oxygen atoms in total. The molecule has 7 heteroatoms. The van der Waals surface area contributed by atoms with Gasteiger partial charge < -0.3 is 5.32 Å². The third-order valence-corrected chi connectivity index (χ3v) is 3.74. The highest BCUT2D eigenvalue weighted by molar-refractivity contribution is 6.34. The van der Waals surface area contributed by atoms with Gasteiger partial charge in [0.05, 0.1) is 27.8 Å². The van der Waals surface area contributed by atoms with E-state index in [2.05, 4.69) is 15.5 Å². The number of halogens is 1. The van der Waals surface area contributed by atoms with Gasteiger partial charge in [0.15, 0.2) is 0 Å². The molecule has 1 amide bonds. The van der Waals surface area contributed by atoms with Crippen LogP contribution in [-0.2, 0) is 13.6 Å². The predicted octanol–water partition coefficient (Wildman–Crippen LogP) is 2.47. The summed E-state index contributed by atoms with van der Waals surface area (Å²) in [4.78, 5) is 12.4. The Labute approximate surface area is 122 Å². The average molecular weight is 296 g/mol. The Morgan fingerprint density at radius 1 is 1.25 bits per heavy atom. The molecule has 0 radical (unpaired) electrons. The molecule has 0 atom stereocenters. The van der Waals surface area contributed by atoms with E-state index in [1.807, 2.05) is 25.5 Å². The van der Waals surface area contributed by atoms with Crippen LogP contribution in [0.4, 0.5) is 5.69 Å². The average Bonchev–Trinajstić information content (AvgIpc) is 2.79. The Balaban J connectivity index is 2.35. The van der Waals surface area contributed by atoms with Gasteiger partial charge in [-0.05, 0) is 27.7 Å². The van der Waals surface area contributed by atoms with E-state index < -0.39 is 0 Å². The monoisotopic (exact) mass is 295 g/mol. The van der Waals surface area contributed by atoms with E-state index in [4.69, 9.17) is 11.6 Å². The minimum Gasteiger partial charge on any atom is -0.317 e. The molecule has 1 N–H and O–H groups in total. The van der Waals surface area contributed by atoms with Gasteiger partial charge in [0, 0.05) is 13.6 Å². The smallest absolute Gasteiger partial charge is 0.275 e. The summed E-state index contributed by atoms with van der Waals surface area (Å²) in [6, 6.07) is 0. The summed E-state index contributed by atoms with van der Waals surface area (Å²) in [5, 5.41) is 11.8. The van der Waals surface area contributed by atoms with Gasteiger partial charge in [-0.25, -0.2) is 0 Å². The fourth-order valence-electron chi connectivity index (χ4n) is 2.24. The number of hydrogen-bond acceptors (Lipinski definition) is 3. The van der Waals surface area contributed by atoms with Crippen LogP contribution >= 0.6 is 11.6 Å². The van der Waals surface area contributed by atoms with E-state index >= 15 is 0 Å². The third kappa shape index (κ3) is 2.31. The maximum absolute atomic E-state index is 12.4. The second kappa shape index (κ2) is 5.28. The van der Waals surface area contributed by atoms with Crippen molar-refractivity contribution in [2.75, 3.05) is 5.32 Å². The summed E-state index contributed by atoms with van der Waals surface area (Å²) in [5.74, 6) is -0.278. The van der Waals surface area contributed by atoms with Crippen LogP contribution in [0.3, 0.4) is 0 Å². The minimum atomic E-state index is -0.278. The maximum Gasteiger partial charge on any atom is 0.275 e. The van der Waals surface area contributed by atoms with Crippen LogP contribution in [0.1, 0.15) is 34.5 Å². The van der Waals surface area contributed by atoms with Crippen LogP contribution in [0.15, 0.2) is 0 Å². The number of aromatic nitrogens is 4. The standard InChI is InChI=1S/C13H18ClN5O/c1-6-19-9(4)11(8(3)17-19)15-13(20)12-10(14)7(2)16-18(12)5/h6H2,1-5H3,(H,15,20). The first kappa shape index (κ1) is 14.6. The van der Waals surface area contributed by atoms with Crippen LogP contribution < -0.4 is 5.32 Å². The summed E-state index contributed by atoms with van der Waals surface area (Å²) < 4.78 is 3.34. The molecule has 20 heavy (non-hydrogen) atoms. The van der Waals surface area contributed by atoms with Crippen molar-refractivity contribution in [3.63, 3.8) is 0 Å². The Morgan fingerprint density at radius 3 is 2.35 bits per heavy atom. The molecule has 0 saturated heterocycles. The number of carbonyl (C=O) groups excluding carboxylic acids is 1. The van der Waals surface area contributed by atoms with Crippen molar-refractivity contribution >= 4 is 23.2 Å². The van der Waals surface area contributed by atoms with Crippen LogP contribution in [0.5, 0.6) is 0 Å². The van der Waals surface area contributed by atoms with Gasteiger partial charge in [-0.1, -0.05) is 11.6 Å². The number of carbonyl (C=O) groups is 1. The van der Waals surface area contributed by atoms with Crippen molar-refractivity contribution < 1.29 is 4.79 Å². The lowest BCUT2D eigenvalue weighted by Gasteiger charge is -2.06. The zero-order valence-corrected chi connectivity index (χ0v) is 13.0. The lowest BCUT2D eigenvalue weighted by Crippen LogP contribution is -2.17. The number of rotatable bonds is 3. The highest BCUT2D eigenvalue weighted by Gasteiger charge is 2.21. The summed E-state index contributed by atoms with van der Waals surface area (Å²) in [5.41, 5.74) is 3.43. The molecule has 108 valence electrons. The number of hydrogen-bond donors (Lipinski definition) is 1. The molecule has 0 aliphatic rings. The number of aryl methyl sites for hydroxylation is 4. The van der Waals surface area contributed by atoms with Crippen LogP contribution in [0, 0.1) is 20.8 Å². The van der Waals surface area contributed by atoms with Gasteiger partial charge in [0.1, 0.15) is 5.69 Å². The quantitative estimate of drug-likeness (QED) is 0.946. The van der Waals surface area contributed by atoms with Crippen LogP contribution in [0.25, 0.3) is 0 Å². The van der Waals surface area contributed by atoms with Gasteiger partial charge in [-0.2, -0.15) is 10.2 Å². The molecule has 0 fully saturated rings. The molecule has 2 heterocycles. The SMILES string of the molecule is CCn1nc(C)c(NC(=O)c2c(Cl)c(C)nn2C)c1C. The summed E-state index contributed by atoms with van der Waals surface area (Å²) in [6.07, 6.45) is 0. The second-order valence-corrected chi connectivity index (χ2v) is 5.07. The fraction of sp³-hybridized carbons (Fsp3) is 0.462. The zero-order valence-electron chi connectivity index (χ0n) is 12.3. The summed E-state index contributed by atoms with van der Waals surface area (Å²) in [6.45, 7) is 8.32. The molecule has 0 aromatic carbocycles. The Kier molecular flexibility index (Phi) is 3.85. The third-order valence-electron chi connectivity index (χ3n) is 3.28. The van der Waals surface area contributed by atoms with Crippen molar-refractivity contribution in [1.82, 2.24) is 19.6 Å². The molecule has 2 rings (SSSR count). The highest BCUT2D eigenvalue weighted by atomic mass is 35.5. The van der Waals surface area contributed by atoms with Gasteiger partial charge in [-0.3, -0.25) is 14.2 Å². The summed E-state index contributed by atoms with van der Waals surface area (Å²) in [7, 11) is 1.70. The minimum absolute atomic E-state index is 0.278.